The topological polar surface area (TPSA) is 21.3 Å². The summed E-state index contributed by atoms with van der Waals surface area (Å²) in [6.45, 7) is 0. The fraction of sp³-hybridized carbons (Fsp3) is 0.143. The van der Waals surface area contributed by atoms with Gasteiger partial charge in [-0.05, 0) is 12.1 Å². The van der Waals surface area contributed by atoms with E-state index in [-0.39, 0.29) is 0 Å². The van der Waals surface area contributed by atoms with Crippen LogP contribution in [0.2, 0.25) is 5.02 Å². The van der Waals surface area contributed by atoms with Crippen LogP contribution in [-0.4, -0.2) is 7.05 Å². The summed E-state index contributed by atoms with van der Waals surface area (Å²) in [4.78, 5) is 4.95. The van der Waals surface area contributed by atoms with Gasteiger partial charge >= 0.3 is 0 Å². The van der Waals surface area contributed by atoms with Crippen LogP contribution in [-0.2, 0) is 0 Å². The molecule has 0 heterocycles. The van der Waals surface area contributed by atoms with E-state index in [9.17, 15) is 0 Å². The van der Waals surface area contributed by atoms with Crippen molar-refractivity contribution >= 4 is 11.6 Å². The van der Waals surface area contributed by atoms with Crippen LogP contribution in [0.3, 0.4) is 0 Å². The quantitative estimate of drug-likeness (QED) is 0.662. The fourth-order valence-corrected chi connectivity index (χ4v) is 0.829. The van der Waals surface area contributed by atoms with Crippen molar-refractivity contribution in [1.82, 2.24) is 5.48 Å². The van der Waals surface area contributed by atoms with Gasteiger partial charge in [0.2, 0.25) is 0 Å². The van der Waals surface area contributed by atoms with Gasteiger partial charge in [0.15, 0.2) is 0 Å². The standard InChI is InChI=1S/C7H8ClNO/c1-9-10-7-4-2-3-6(8)5-7/h2-5,9H,1H3. The number of hydroxylamine groups is 1. The lowest BCUT2D eigenvalue weighted by Crippen LogP contribution is -2.10. The zero-order valence-corrected chi connectivity index (χ0v) is 6.35. The van der Waals surface area contributed by atoms with Crippen molar-refractivity contribution in [1.29, 1.82) is 0 Å². The van der Waals surface area contributed by atoms with Crippen LogP contribution in [0.15, 0.2) is 24.3 Å². The molecule has 0 unspecified atom stereocenters. The second-order valence-corrected chi connectivity index (χ2v) is 2.20. The van der Waals surface area contributed by atoms with Crippen LogP contribution in [0.25, 0.3) is 0 Å². The zero-order chi connectivity index (χ0) is 7.40. The first-order valence-electron chi connectivity index (χ1n) is 2.92. The van der Waals surface area contributed by atoms with Gasteiger partial charge in [0.25, 0.3) is 0 Å². The number of nitrogens with one attached hydrogen (secondary N) is 1. The molecule has 0 saturated heterocycles. The second kappa shape index (κ2) is 3.44. The summed E-state index contributed by atoms with van der Waals surface area (Å²) in [6, 6.07) is 7.18. The molecule has 0 spiro atoms. The third kappa shape index (κ3) is 1.90. The third-order valence-corrected chi connectivity index (χ3v) is 1.25. The Balaban J connectivity index is 2.75. The van der Waals surface area contributed by atoms with E-state index >= 15 is 0 Å². The summed E-state index contributed by atoms with van der Waals surface area (Å²) >= 11 is 5.67. The van der Waals surface area contributed by atoms with Crippen LogP contribution in [0, 0.1) is 0 Å². The molecule has 0 aromatic heterocycles. The van der Waals surface area contributed by atoms with Crippen LogP contribution >= 0.6 is 11.6 Å². The number of hydrogen-bond donors (Lipinski definition) is 1. The molecular formula is C7H8ClNO. The Hall–Kier alpha value is -0.730. The van der Waals surface area contributed by atoms with E-state index in [0.717, 1.165) is 5.75 Å². The van der Waals surface area contributed by atoms with Gasteiger partial charge in [-0.1, -0.05) is 17.7 Å². The van der Waals surface area contributed by atoms with Gasteiger partial charge in [-0.25, -0.2) is 0 Å². The van der Waals surface area contributed by atoms with Crippen molar-refractivity contribution in [2.45, 2.75) is 0 Å². The first kappa shape index (κ1) is 7.38. The van der Waals surface area contributed by atoms with Crippen molar-refractivity contribution in [2.75, 3.05) is 7.05 Å². The molecule has 1 rings (SSSR count). The van der Waals surface area contributed by atoms with Crippen LogP contribution in [0.4, 0.5) is 0 Å². The Labute approximate surface area is 64.7 Å². The lowest BCUT2D eigenvalue weighted by molar-refractivity contribution is 0.224. The number of rotatable bonds is 2. The van der Waals surface area contributed by atoms with E-state index in [1.54, 1.807) is 19.2 Å². The highest BCUT2D eigenvalue weighted by molar-refractivity contribution is 6.30. The molecule has 3 heteroatoms. The highest BCUT2D eigenvalue weighted by Crippen LogP contribution is 2.15. The predicted octanol–water partition coefficient (Wildman–Crippen LogP) is 1.85. The Morgan fingerprint density at radius 2 is 2.30 bits per heavy atom. The predicted molar refractivity (Wildman–Crippen MR) is 41.1 cm³/mol. The maximum Gasteiger partial charge on any atom is 0.148 e. The van der Waals surface area contributed by atoms with E-state index in [0.29, 0.717) is 5.02 Å². The lowest BCUT2D eigenvalue weighted by Gasteiger charge is -2.00. The molecule has 0 amide bonds. The van der Waals surface area contributed by atoms with E-state index in [1.165, 1.54) is 0 Å². The summed E-state index contributed by atoms with van der Waals surface area (Å²) in [5.41, 5.74) is 2.55. The Bertz CT molecular complexity index is 215. The van der Waals surface area contributed by atoms with E-state index in [4.69, 9.17) is 16.4 Å². The summed E-state index contributed by atoms with van der Waals surface area (Å²) in [7, 11) is 1.70. The summed E-state index contributed by atoms with van der Waals surface area (Å²) in [5, 5.41) is 0.674. The SMILES string of the molecule is CNOc1cccc(Cl)c1. The summed E-state index contributed by atoms with van der Waals surface area (Å²) in [5.74, 6) is 0.718. The molecule has 0 fully saturated rings. The molecule has 0 aliphatic carbocycles. The number of hydrogen-bond acceptors (Lipinski definition) is 2. The molecule has 0 atom stereocenters. The van der Waals surface area contributed by atoms with E-state index in [2.05, 4.69) is 5.48 Å². The van der Waals surface area contributed by atoms with Gasteiger partial charge in [-0.2, -0.15) is 5.48 Å². The van der Waals surface area contributed by atoms with Gasteiger partial charge in [0.1, 0.15) is 5.75 Å². The van der Waals surface area contributed by atoms with Gasteiger partial charge in [0, 0.05) is 18.1 Å². The monoisotopic (exact) mass is 157 g/mol. The molecule has 10 heavy (non-hydrogen) atoms. The summed E-state index contributed by atoms with van der Waals surface area (Å²) in [6.07, 6.45) is 0. The molecular weight excluding hydrogens is 150 g/mol. The van der Waals surface area contributed by atoms with Gasteiger partial charge in [0.05, 0.1) is 0 Å². The minimum Gasteiger partial charge on any atom is -0.409 e. The van der Waals surface area contributed by atoms with Gasteiger partial charge in [-0.3, -0.25) is 0 Å². The summed E-state index contributed by atoms with van der Waals surface area (Å²) < 4.78 is 0. The Morgan fingerprint density at radius 1 is 1.50 bits per heavy atom. The average Bonchev–Trinajstić information content (AvgIpc) is 1.88. The van der Waals surface area contributed by atoms with E-state index in [1.807, 2.05) is 12.1 Å². The molecule has 0 bridgehead atoms. The van der Waals surface area contributed by atoms with Crippen molar-refractivity contribution < 1.29 is 4.84 Å². The number of benzene rings is 1. The van der Waals surface area contributed by atoms with Crippen molar-refractivity contribution in [3.05, 3.63) is 29.3 Å². The smallest absolute Gasteiger partial charge is 0.148 e. The van der Waals surface area contributed by atoms with Crippen LogP contribution < -0.4 is 10.3 Å². The third-order valence-electron chi connectivity index (χ3n) is 1.02. The van der Waals surface area contributed by atoms with E-state index < -0.39 is 0 Å². The molecule has 0 aliphatic heterocycles. The average molecular weight is 158 g/mol. The normalized spacial score (nSPS) is 9.40. The first-order chi connectivity index (χ1) is 4.83. The second-order valence-electron chi connectivity index (χ2n) is 1.76. The van der Waals surface area contributed by atoms with Crippen molar-refractivity contribution in [2.24, 2.45) is 0 Å². The highest BCUT2D eigenvalue weighted by atomic mass is 35.5. The molecule has 54 valence electrons. The minimum absolute atomic E-state index is 0.674. The van der Waals surface area contributed by atoms with Crippen LogP contribution in [0.1, 0.15) is 0 Å². The molecule has 1 aromatic carbocycles. The first-order valence-corrected chi connectivity index (χ1v) is 3.30. The lowest BCUT2D eigenvalue weighted by atomic mass is 10.3. The maximum atomic E-state index is 5.67. The highest BCUT2D eigenvalue weighted by Gasteiger charge is 1.91. The molecule has 0 radical (unpaired) electrons. The van der Waals surface area contributed by atoms with Crippen LogP contribution in [0.5, 0.6) is 5.75 Å². The number of halogens is 1. The Morgan fingerprint density at radius 3 is 2.90 bits per heavy atom. The fourth-order valence-electron chi connectivity index (χ4n) is 0.648. The van der Waals surface area contributed by atoms with Gasteiger partial charge < -0.3 is 4.84 Å². The van der Waals surface area contributed by atoms with Crippen molar-refractivity contribution in [3.8, 4) is 5.75 Å². The Kier molecular flexibility index (Phi) is 2.54. The molecule has 0 aliphatic rings. The molecule has 2 nitrogen and oxygen atoms in total. The maximum absolute atomic E-state index is 5.67. The molecule has 0 saturated carbocycles. The minimum atomic E-state index is 0.674. The largest absolute Gasteiger partial charge is 0.409 e. The molecule has 1 N–H and O–H groups in total. The molecule has 1 aromatic rings. The van der Waals surface area contributed by atoms with Crippen molar-refractivity contribution in [3.63, 3.8) is 0 Å². The van der Waals surface area contributed by atoms with Gasteiger partial charge in [-0.15, -0.1) is 0 Å². The zero-order valence-electron chi connectivity index (χ0n) is 5.60.